The van der Waals surface area contributed by atoms with E-state index >= 15 is 0 Å². The Morgan fingerprint density at radius 2 is 1.35 bits per heavy atom. The van der Waals surface area contributed by atoms with Crippen molar-refractivity contribution in [2.75, 3.05) is 6.54 Å². The molecule has 0 radical (unpaired) electrons. The van der Waals surface area contributed by atoms with E-state index in [1.54, 1.807) is 0 Å². The average Bonchev–Trinajstić information content (AvgIpc) is 2.45. The Hall–Kier alpha value is -0.880. The normalized spacial score (nSPS) is 12.4. The number of halogens is 5. The summed E-state index contributed by atoms with van der Waals surface area (Å²) in [6, 6.07) is 0. The van der Waals surface area contributed by atoms with Crippen molar-refractivity contribution in [1.82, 2.24) is 5.32 Å². The van der Waals surface area contributed by atoms with E-state index in [-0.39, 0.29) is 12.5 Å². The van der Waals surface area contributed by atoms with E-state index in [1.807, 2.05) is 0 Å². The average molecular weight is 345 g/mol. The minimum absolute atomic E-state index is 0.151. The van der Waals surface area contributed by atoms with Crippen LogP contribution in [-0.2, 0) is 4.79 Å². The number of unbranched alkanes of at least 4 members (excludes halogenated alkanes) is 7. The molecule has 2 nitrogen and oxygen atoms in total. The van der Waals surface area contributed by atoms with E-state index in [4.69, 9.17) is 0 Å². The van der Waals surface area contributed by atoms with Crippen molar-refractivity contribution in [3.63, 3.8) is 0 Å². The van der Waals surface area contributed by atoms with Crippen molar-refractivity contribution < 1.29 is 26.7 Å². The zero-order valence-corrected chi connectivity index (χ0v) is 13.8. The van der Waals surface area contributed by atoms with Crippen LogP contribution in [-0.4, -0.2) is 24.6 Å². The number of nitrogens with one attached hydrogen (secondary N) is 1. The van der Waals surface area contributed by atoms with E-state index in [0.717, 1.165) is 25.7 Å². The first kappa shape index (κ1) is 22.1. The van der Waals surface area contributed by atoms with Crippen LogP contribution in [0.4, 0.5) is 22.0 Å². The molecule has 0 unspecified atom stereocenters. The molecule has 0 atom stereocenters. The molecule has 23 heavy (non-hydrogen) atoms. The maximum atomic E-state index is 12.6. The molecule has 0 aliphatic carbocycles. The van der Waals surface area contributed by atoms with Crippen LogP contribution in [0.15, 0.2) is 0 Å². The van der Waals surface area contributed by atoms with Gasteiger partial charge in [-0.15, -0.1) is 0 Å². The molecule has 0 aliphatic heterocycles. The molecule has 0 aromatic heterocycles. The fraction of sp³-hybridized carbons (Fsp3) is 0.938. The summed E-state index contributed by atoms with van der Waals surface area (Å²) in [6.45, 7) is 2.00. The molecule has 0 aromatic carbocycles. The van der Waals surface area contributed by atoms with E-state index in [1.165, 1.54) is 25.7 Å². The first-order valence-electron chi connectivity index (χ1n) is 8.42. The van der Waals surface area contributed by atoms with E-state index in [2.05, 4.69) is 12.2 Å². The summed E-state index contributed by atoms with van der Waals surface area (Å²) in [5, 5.41) is 2.39. The number of carbonyl (C=O) groups is 1. The summed E-state index contributed by atoms with van der Waals surface area (Å²) in [6.07, 6.45) is 1.84. The molecule has 0 heterocycles. The fourth-order valence-electron chi connectivity index (χ4n) is 2.19. The molecule has 1 amide bonds. The van der Waals surface area contributed by atoms with Gasteiger partial charge in [-0.2, -0.15) is 22.0 Å². The Labute approximate surface area is 135 Å². The molecule has 138 valence electrons. The number of carbonyl (C=O) groups excluding carboxylic acids is 1. The van der Waals surface area contributed by atoms with Gasteiger partial charge in [0.1, 0.15) is 0 Å². The van der Waals surface area contributed by atoms with E-state index < -0.39 is 24.9 Å². The van der Waals surface area contributed by atoms with Gasteiger partial charge >= 0.3 is 12.1 Å². The standard InChI is InChI=1S/C16H28F5NO/c1-2-3-4-5-6-7-8-9-11-14(23)22-13-10-12-15(17,18)16(19,20)21/h2-13H2,1H3,(H,22,23). The summed E-state index contributed by atoms with van der Waals surface area (Å²) < 4.78 is 61.0. The Balaban J connectivity index is 3.51. The summed E-state index contributed by atoms with van der Waals surface area (Å²) >= 11 is 0. The minimum Gasteiger partial charge on any atom is -0.356 e. The fourth-order valence-corrected chi connectivity index (χ4v) is 2.19. The lowest BCUT2D eigenvalue weighted by Gasteiger charge is -2.19. The third-order valence-electron chi connectivity index (χ3n) is 3.66. The second kappa shape index (κ2) is 11.6. The summed E-state index contributed by atoms with van der Waals surface area (Å²) in [5.41, 5.74) is 0. The zero-order chi connectivity index (χ0) is 17.8. The first-order valence-corrected chi connectivity index (χ1v) is 8.42. The van der Waals surface area contributed by atoms with Crippen LogP contribution in [0.25, 0.3) is 0 Å². The van der Waals surface area contributed by atoms with Crippen LogP contribution < -0.4 is 5.32 Å². The first-order chi connectivity index (χ1) is 10.7. The number of hydrogen-bond donors (Lipinski definition) is 1. The third-order valence-corrected chi connectivity index (χ3v) is 3.66. The second-order valence-electron chi connectivity index (χ2n) is 5.88. The predicted molar refractivity (Wildman–Crippen MR) is 80.5 cm³/mol. The van der Waals surface area contributed by atoms with Crippen molar-refractivity contribution in [2.45, 2.75) is 89.7 Å². The second-order valence-corrected chi connectivity index (χ2v) is 5.88. The molecule has 0 fully saturated rings. The van der Waals surface area contributed by atoms with Crippen LogP contribution in [0.5, 0.6) is 0 Å². The Morgan fingerprint density at radius 1 is 0.826 bits per heavy atom. The molecule has 0 aliphatic rings. The van der Waals surface area contributed by atoms with E-state index in [0.29, 0.717) is 6.42 Å². The summed E-state index contributed by atoms with van der Waals surface area (Å²) in [4.78, 5) is 11.4. The maximum absolute atomic E-state index is 12.6. The van der Waals surface area contributed by atoms with Crippen LogP contribution >= 0.6 is 0 Å². The van der Waals surface area contributed by atoms with Gasteiger partial charge in [-0.3, -0.25) is 4.79 Å². The van der Waals surface area contributed by atoms with Crippen molar-refractivity contribution in [3.05, 3.63) is 0 Å². The molecular weight excluding hydrogens is 317 g/mol. The van der Waals surface area contributed by atoms with Gasteiger partial charge in [-0.25, -0.2) is 0 Å². The number of rotatable bonds is 13. The summed E-state index contributed by atoms with van der Waals surface area (Å²) in [7, 11) is 0. The van der Waals surface area contributed by atoms with Gasteiger partial charge in [0, 0.05) is 19.4 Å². The van der Waals surface area contributed by atoms with Gasteiger partial charge in [0.25, 0.3) is 0 Å². The lowest BCUT2D eigenvalue weighted by atomic mass is 10.1. The third kappa shape index (κ3) is 11.3. The monoisotopic (exact) mass is 345 g/mol. The van der Waals surface area contributed by atoms with Crippen LogP contribution in [0, 0.1) is 0 Å². The predicted octanol–water partition coefficient (Wildman–Crippen LogP) is 5.61. The molecule has 0 spiro atoms. The van der Waals surface area contributed by atoms with Gasteiger partial charge in [-0.05, 0) is 12.8 Å². The van der Waals surface area contributed by atoms with Crippen molar-refractivity contribution in [2.24, 2.45) is 0 Å². The molecule has 7 heteroatoms. The van der Waals surface area contributed by atoms with Gasteiger partial charge in [0.05, 0.1) is 0 Å². The van der Waals surface area contributed by atoms with E-state index in [9.17, 15) is 26.7 Å². The molecule has 0 saturated heterocycles. The smallest absolute Gasteiger partial charge is 0.356 e. The highest BCUT2D eigenvalue weighted by atomic mass is 19.4. The highest BCUT2D eigenvalue weighted by Crippen LogP contribution is 2.38. The molecular formula is C16H28F5NO. The van der Waals surface area contributed by atoms with Crippen molar-refractivity contribution in [3.8, 4) is 0 Å². The van der Waals surface area contributed by atoms with Crippen molar-refractivity contribution >= 4 is 5.91 Å². The van der Waals surface area contributed by atoms with Crippen molar-refractivity contribution in [1.29, 1.82) is 0 Å². The maximum Gasteiger partial charge on any atom is 0.453 e. The van der Waals surface area contributed by atoms with Gasteiger partial charge in [0.15, 0.2) is 0 Å². The number of hydrogen-bond acceptors (Lipinski definition) is 1. The highest BCUT2D eigenvalue weighted by molar-refractivity contribution is 5.75. The topological polar surface area (TPSA) is 29.1 Å². The quantitative estimate of drug-likeness (QED) is 0.341. The Kier molecular flexibility index (Phi) is 11.2. The molecule has 0 saturated carbocycles. The number of alkyl halides is 5. The highest BCUT2D eigenvalue weighted by Gasteiger charge is 2.56. The van der Waals surface area contributed by atoms with Crippen LogP contribution in [0.3, 0.4) is 0 Å². The lowest BCUT2D eigenvalue weighted by Crippen LogP contribution is -2.37. The largest absolute Gasteiger partial charge is 0.453 e. The summed E-state index contributed by atoms with van der Waals surface area (Å²) in [5.74, 6) is -4.97. The van der Waals surface area contributed by atoms with Crippen LogP contribution in [0.2, 0.25) is 0 Å². The Morgan fingerprint density at radius 3 is 1.87 bits per heavy atom. The molecule has 1 N–H and O–H groups in total. The van der Waals surface area contributed by atoms with Gasteiger partial charge in [-0.1, -0.05) is 51.9 Å². The molecule has 0 aromatic rings. The lowest BCUT2D eigenvalue weighted by molar-refractivity contribution is -0.284. The number of amides is 1. The van der Waals surface area contributed by atoms with Crippen LogP contribution in [0.1, 0.15) is 77.6 Å². The SMILES string of the molecule is CCCCCCCCCCC(=O)NCCCC(F)(F)C(F)(F)F. The minimum atomic E-state index is -5.52. The van der Waals surface area contributed by atoms with Gasteiger partial charge < -0.3 is 5.32 Å². The molecule has 0 bridgehead atoms. The van der Waals surface area contributed by atoms with Gasteiger partial charge in [0.2, 0.25) is 5.91 Å². The molecule has 0 rings (SSSR count). The Bertz CT molecular complexity index is 318. The zero-order valence-electron chi connectivity index (χ0n) is 13.8.